The molecule has 1 N–H and O–H groups in total. The molecule has 0 aliphatic carbocycles. The molecule has 4 rings (SSSR count). The zero-order valence-electron chi connectivity index (χ0n) is 18.7. The van der Waals surface area contributed by atoms with Crippen LogP contribution in [-0.4, -0.2) is 16.8 Å². The summed E-state index contributed by atoms with van der Waals surface area (Å²) in [5.74, 6) is -0.796. The second-order valence-electron chi connectivity index (χ2n) is 9.47. The molecule has 1 atom stereocenters. The van der Waals surface area contributed by atoms with Crippen LogP contribution >= 0.6 is 27.5 Å². The average Bonchev–Trinajstić information content (AvgIpc) is 2.96. The minimum absolute atomic E-state index is 0.0332. The van der Waals surface area contributed by atoms with Gasteiger partial charge in [0.15, 0.2) is 11.4 Å². The highest BCUT2D eigenvalue weighted by Gasteiger charge is 2.51. The Labute approximate surface area is 207 Å². The largest absolute Gasteiger partial charge is 0.375 e. The monoisotopic (exact) mass is 525 g/mol. The van der Waals surface area contributed by atoms with Gasteiger partial charge in [0.05, 0.1) is 18.7 Å². The molecule has 170 valence electrons. The Hall–Kier alpha value is -2.47. The van der Waals surface area contributed by atoms with Gasteiger partial charge in [0.25, 0.3) is 5.91 Å². The lowest BCUT2D eigenvalue weighted by molar-refractivity contribution is -0.136. The second-order valence-corrected chi connectivity index (χ2v) is 10.8. The Balaban J connectivity index is 1.66. The fraction of sp³-hybridized carbons (Fsp3) is 0.259. The molecule has 1 heterocycles. The van der Waals surface area contributed by atoms with E-state index in [4.69, 9.17) is 11.6 Å². The van der Waals surface area contributed by atoms with Crippen LogP contribution in [0, 0.1) is 0 Å². The number of aliphatic hydroxyl groups is 1. The highest BCUT2D eigenvalue weighted by Crippen LogP contribution is 2.45. The third-order valence-corrected chi connectivity index (χ3v) is 6.78. The normalized spacial score (nSPS) is 17.9. The van der Waals surface area contributed by atoms with E-state index in [9.17, 15) is 14.7 Å². The third-order valence-electron chi connectivity index (χ3n) is 6.04. The minimum Gasteiger partial charge on any atom is -0.375 e. The molecule has 0 unspecified atom stereocenters. The van der Waals surface area contributed by atoms with Gasteiger partial charge in [-0.15, -0.1) is 0 Å². The van der Waals surface area contributed by atoms with E-state index in [-0.39, 0.29) is 24.2 Å². The van der Waals surface area contributed by atoms with Crippen molar-refractivity contribution in [1.82, 2.24) is 0 Å². The predicted molar refractivity (Wildman–Crippen MR) is 135 cm³/mol. The number of nitrogens with zero attached hydrogens (tertiary/aromatic N) is 1. The first kappa shape index (κ1) is 23.7. The van der Waals surface area contributed by atoms with Crippen LogP contribution in [0.4, 0.5) is 5.69 Å². The van der Waals surface area contributed by atoms with Crippen molar-refractivity contribution in [2.45, 2.75) is 44.8 Å². The standard InChI is InChI=1S/C27H25BrClNO3/c1-26(2,3)19-8-6-18(7-9-19)24(31)15-27(33)22-14-20(28)10-13-23(22)30(25(27)32)16-17-4-11-21(29)12-5-17/h4-14,33H,15-16H2,1-3H3/t27-/m0/s1. The van der Waals surface area contributed by atoms with Gasteiger partial charge in [-0.3, -0.25) is 9.59 Å². The number of hydrogen-bond donors (Lipinski definition) is 1. The van der Waals surface area contributed by atoms with E-state index in [1.54, 1.807) is 36.4 Å². The zero-order valence-corrected chi connectivity index (χ0v) is 21.1. The maximum atomic E-state index is 13.5. The Bertz CT molecular complexity index is 1220. The van der Waals surface area contributed by atoms with Gasteiger partial charge in [0.2, 0.25) is 0 Å². The lowest BCUT2D eigenvalue weighted by Crippen LogP contribution is -2.41. The lowest BCUT2D eigenvalue weighted by atomic mass is 9.85. The molecular formula is C27H25BrClNO3. The molecule has 0 bridgehead atoms. The first-order chi connectivity index (χ1) is 15.5. The van der Waals surface area contributed by atoms with Crippen LogP contribution in [0.25, 0.3) is 0 Å². The summed E-state index contributed by atoms with van der Waals surface area (Å²) >= 11 is 9.42. The summed E-state index contributed by atoms with van der Waals surface area (Å²) in [6, 6.07) is 19.9. The molecule has 33 heavy (non-hydrogen) atoms. The van der Waals surface area contributed by atoms with Gasteiger partial charge in [-0.05, 0) is 46.9 Å². The molecule has 6 heteroatoms. The molecule has 0 spiro atoms. The van der Waals surface area contributed by atoms with Crippen LogP contribution in [0.5, 0.6) is 0 Å². The van der Waals surface area contributed by atoms with Crippen molar-refractivity contribution in [2.24, 2.45) is 0 Å². The summed E-state index contributed by atoms with van der Waals surface area (Å²) in [5, 5.41) is 12.2. The molecule has 1 amide bonds. The topological polar surface area (TPSA) is 57.6 Å². The Kier molecular flexibility index (Phi) is 6.25. The highest BCUT2D eigenvalue weighted by molar-refractivity contribution is 9.10. The van der Waals surface area contributed by atoms with Crippen molar-refractivity contribution in [2.75, 3.05) is 4.90 Å². The summed E-state index contributed by atoms with van der Waals surface area (Å²) in [5.41, 5.74) is 1.50. The summed E-state index contributed by atoms with van der Waals surface area (Å²) in [4.78, 5) is 28.2. The number of carbonyl (C=O) groups is 2. The zero-order chi connectivity index (χ0) is 24.0. The van der Waals surface area contributed by atoms with Gasteiger partial charge in [0.1, 0.15) is 0 Å². The molecule has 0 saturated carbocycles. The van der Waals surface area contributed by atoms with E-state index >= 15 is 0 Å². The predicted octanol–water partition coefficient (Wildman–Crippen LogP) is 6.41. The molecule has 1 aliphatic rings. The van der Waals surface area contributed by atoms with Crippen molar-refractivity contribution in [3.63, 3.8) is 0 Å². The Morgan fingerprint density at radius 1 is 1.03 bits per heavy atom. The van der Waals surface area contributed by atoms with Crippen molar-refractivity contribution in [1.29, 1.82) is 0 Å². The molecule has 1 aliphatic heterocycles. The molecule has 3 aromatic carbocycles. The number of rotatable bonds is 5. The number of halogens is 2. The van der Waals surface area contributed by atoms with Crippen LogP contribution in [0.1, 0.15) is 54.2 Å². The van der Waals surface area contributed by atoms with Crippen LogP contribution in [-0.2, 0) is 22.4 Å². The van der Waals surface area contributed by atoms with E-state index in [0.717, 1.165) is 15.6 Å². The number of carbonyl (C=O) groups excluding carboxylic acids is 2. The quantitative estimate of drug-likeness (QED) is 0.391. The first-order valence-electron chi connectivity index (χ1n) is 10.7. The van der Waals surface area contributed by atoms with Gasteiger partial charge in [-0.25, -0.2) is 0 Å². The number of anilines is 1. The van der Waals surface area contributed by atoms with Crippen molar-refractivity contribution < 1.29 is 14.7 Å². The maximum Gasteiger partial charge on any atom is 0.264 e. The number of amides is 1. The van der Waals surface area contributed by atoms with Crippen LogP contribution in [0.15, 0.2) is 71.2 Å². The van der Waals surface area contributed by atoms with E-state index in [1.165, 1.54) is 4.90 Å². The van der Waals surface area contributed by atoms with Gasteiger partial charge in [0, 0.05) is 20.6 Å². The summed E-state index contributed by atoms with van der Waals surface area (Å²) in [7, 11) is 0. The first-order valence-corrected chi connectivity index (χ1v) is 11.9. The minimum atomic E-state index is -1.94. The highest BCUT2D eigenvalue weighted by atomic mass is 79.9. The van der Waals surface area contributed by atoms with Crippen molar-refractivity contribution in [3.05, 3.63) is 98.5 Å². The molecule has 0 aromatic heterocycles. The maximum absolute atomic E-state index is 13.5. The summed E-state index contributed by atoms with van der Waals surface area (Å²) in [6.45, 7) is 6.58. The van der Waals surface area contributed by atoms with Gasteiger partial charge >= 0.3 is 0 Å². The summed E-state index contributed by atoms with van der Waals surface area (Å²) < 4.78 is 0.725. The number of hydrogen-bond acceptors (Lipinski definition) is 3. The number of ketones is 1. The van der Waals surface area contributed by atoms with E-state index < -0.39 is 11.5 Å². The molecule has 0 saturated heterocycles. The summed E-state index contributed by atoms with van der Waals surface area (Å²) in [6.07, 6.45) is -0.332. The molecule has 3 aromatic rings. The van der Waals surface area contributed by atoms with Crippen LogP contribution in [0.3, 0.4) is 0 Å². The SMILES string of the molecule is CC(C)(C)c1ccc(C(=O)C[C@@]2(O)C(=O)N(Cc3ccc(Cl)cc3)c3ccc(Br)cc32)cc1. The smallest absolute Gasteiger partial charge is 0.264 e. The van der Waals surface area contributed by atoms with Crippen LogP contribution in [0.2, 0.25) is 5.02 Å². The van der Waals surface area contributed by atoms with Crippen LogP contribution < -0.4 is 4.90 Å². The van der Waals surface area contributed by atoms with E-state index in [1.807, 2.05) is 30.3 Å². The van der Waals surface area contributed by atoms with Crippen molar-refractivity contribution >= 4 is 44.9 Å². The number of Topliss-reactive ketones (excluding diaryl/α,β-unsaturated/α-hetero) is 1. The Morgan fingerprint density at radius 3 is 2.27 bits per heavy atom. The molecule has 4 nitrogen and oxygen atoms in total. The Morgan fingerprint density at radius 2 is 1.67 bits per heavy atom. The van der Waals surface area contributed by atoms with Gasteiger partial charge < -0.3 is 10.0 Å². The number of fused-ring (bicyclic) bond motifs is 1. The lowest BCUT2D eigenvalue weighted by Gasteiger charge is -2.23. The van der Waals surface area contributed by atoms with Crippen molar-refractivity contribution in [3.8, 4) is 0 Å². The van der Waals surface area contributed by atoms with Gasteiger partial charge in [-0.2, -0.15) is 0 Å². The molecule has 0 radical (unpaired) electrons. The number of benzene rings is 3. The molecule has 0 fully saturated rings. The molecular weight excluding hydrogens is 502 g/mol. The third kappa shape index (κ3) is 4.63. The average molecular weight is 527 g/mol. The van der Waals surface area contributed by atoms with E-state index in [2.05, 4.69) is 36.7 Å². The van der Waals surface area contributed by atoms with E-state index in [0.29, 0.717) is 21.8 Å². The fourth-order valence-corrected chi connectivity index (χ4v) is 4.60. The second kappa shape index (κ2) is 8.71. The van der Waals surface area contributed by atoms with Gasteiger partial charge in [-0.1, -0.05) is 84.7 Å². The fourth-order valence-electron chi connectivity index (χ4n) is 4.11.